The van der Waals surface area contributed by atoms with Gasteiger partial charge in [0.15, 0.2) is 0 Å². The minimum atomic E-state index is -0.374. The van der Waals surface area contributed by atoms with Crippen LogP contribution in [-0.2, 0) is 0 Å². The Kier molecular flexibility index (Phi) is 2.85. The minimum absolute atomic E-state index is 0.300. The van der Waals surface area contributed by atoms with E-state index in [1.54, 1.807) is 0 Å². The maximum Gasteiger partial charge on any atom is 0.146 e. The highest BCUT2D eigenvalue weighted by Gasteiger charge is 2.08. The summed E-state index contributed by atoms with van der Waals surface area (Å²) in [4.78, 5) is 9.11. The molecule has 18 heavy (non-hydrogen) atoms. The topological polar surface area (TPSA) is 37.8 Å². The van der Waals surface area contributed by atoms with Gasteiger partial charge in [-0.25, -0.2) is 14.4 Å². The van der Waals surface area contributed by atoms with E-state index in [4.69, 9.17) is 11.6 Å². The third kappa shape index (κ3) is 2.02. The molecule has 0 saturated heterocycles. The van der Waals surface area contributed by atoms with Gasteiger partial charge in [-0.15, -0.1) is 11.3 Å². The van der Waals surface area contributed by atoms with Crippen molar-refractivity contribution in [3.8, 4) is 0 Å². The molecule has 0 saturated carbocycles. The Labute approximate surface area is 111 Å². The predicted octanol–water partition coefficient (Wildman–Crippen LogP) is 4.23. The van der Waals surface area contributed by atoms with Crippen LogP contribution >= 0.6 is 22.9 Å². The van der Waals surface area contributed by atoms with Gasteiger partial charge in [-0.3, -0.25) is 0 Å². The second kappa shape index (κ2) is 4.51. The van der Waals surface area contributed by atoms with Gasteiger partial charge in [0.1, 0.15) is 22.8 Å². The molecule has 90 valence electrons. The van der Waals surface area contributed by atoms with E-state index in [0.29, 0.717) is 16.5 Å². The number of halogens is 2. The SMILES string of the molecule is Fc1ccc(Cl)cc1Nc1ncnc2sccc12. The number of fused-ring (bicyclic) bond motifs is 1. The van der Waals surface area contributed by atoms with E-state index in [1.807, 2.05) is 11.4 Å². The molecule has 1 aromatic carbocycles. The molecule has 0 bridgehead atoms. The molecule has 0 aliphatic rings. The van der Waals surface area contributed by atoms with Crippen molar-refractivity contribution >= 4 is 44.7 Å². The lowest BCUT2D eigenvalue weighted by atomic mass is 10.3. The van der Waals surface area contributed by atoms with Gasteiger partial charge in [-0.2, -0.15) is 0 Å². The number of hydrogen-bond donors (Lipinski definition) is 1. The number of nitrogens with one attached hydrogen (secondary N) is 1. The number of anilines is 2. The smallest absolute Gasteiger partial charge is 0.146 e. The first-order chi connectivity index (χ1) is 8.74. The van der Waals surface area contributed by atoms with Crippen LogP contribution in [0.15, 0.2) is 36.0 Å². The van der Waals surface area contributed by atoms with E-state index in [-0.39, 0.29) is 5.82 Å². The van der Waals surface area contributed by atoms with Crippen LogP contribution in [0.1, 0.15) is 0 Å². The van der Waals surface area contributed by atoms with E-state index in [9.17, 15) is 4.39 Å². The summed E-state index contributed by atoms with van der Waals surface area (Å²) in [5.74, 6) is 0.198. The Morgan fingerprint density at radius 3 is 3.00 bits per heavy atom. The standard InChI is InChI=1S/C12H7ClFN3S/c13-7-1-2-9(14)10(5-7)17-11-8-3-4-18-12(8)16-6-15-11/h1-6H,(H,15,16,17). The monoisotopic (exact) mass is 279 g/mol. The Morgan fingerprint density at radius 1 is 1.22 bits per heavy atom. The first-order valence-corrected chi connectivity index (χ1v) is 6.40. The number of thiophene rings is 1. The minimum Gasteiger partial charge on any atom is -0.337 e. The van der Waals surface area contributed by atoms with E-state index in [1.165, 1.54) is 35.9 Å². The quantitative estimate of drug-likeness (QED) is 0.763. The van der Waals surface area contributed by atoms with E-state index < -0.39 is 0 Å². The fourth-order valence-electron chi connectivity index (χ4n) is 1.61. The summed E-state index contributed by atoms with van der Waals surface area (Å²) in [5, 5.41) is 6.18. The number of benzene rings is 1. The molecule has 3 rings (SSSR count). The van der Waals surface area contributed by atoms with Gasteiger partial charge in [-0.1, -0.05) is 11.6 Å². The molecule has 0 aliphatic heterocycles. The number of nitrogens with zero attached hydrogens (tertiary/aromatic N) is 2. The molecule has 2 heterocycles. The fourth-order valence-corrected chi connectivity index (χ4v) is 2.52. The van der Waals surface area contributed by atoms with Crippen molar-refractivity contribution in [2.24, 2.45) is 0 Å². The molecule has 3 nitrogen and oxygen atoms in total. The summed E-state index contributed by atoms with van der Waals surface area (Å²) in [7, 11) is 0. The molecule has 0 fully saturated rings. The van der Waals surface area contributed by atoms with Crippen LogP contribution in [-0.4, -0.2) is 9.97 Å². The normalized spacial score (nSPS) is 10.8. The highest BCUT2D eigenvalue weighted by Crippen LogP contribution is 2.28. The van der Waals surface area contributed by atoms with Crippen LogP contribution in [0.3, 0.4) is 0 Å². The van der Waals surface area contributed by atoms with Crippen LogP contribution < -0.4 is 5.32 Å². The Bertz CT molecular complexity index is 713. The molecule has 0 unspecified atom stereocenters. The summed E-state index contributed by atoms with van der Waals surface area (Å²) in [6.45, 7) is 0. The zero-order valence-electron chi connectivity index (χ0n) is 9.02. The summed E-state index contributed by atoms with van der Waals surface area (Å²) >= 11 is 7.35. The van der Waals surface area contributed by atoms with Crippen molar-refractivity contribution in [1.29, 1.82) is 0 Å². The molecular weight excluding hydrogens is 273 g/mol. The Morgan fingerprint density at radius 2 is 2.11 bits per heavy atom. The maximum atomic E-state index is 13.6. The lowest BCUT2D eigenvalue weighted by Crippen LogP contribution is -1.97. The highest BCUT2D eigenvalue weighted by atomic mass is 35.5. The van der Waals surface area contributed by atoms with Crippen molar-refractivity contribution < 1.29 is 4.39 Å². The fraction of sp³-hybridized carbons (Fsp3) is 0. The van der Waals surface area contributed by atoms with Crippen LogP contribution in [0.25, 0.3) is 10.2 Å². The van der Waals surface area contributed by atoms with Crippen LogP contribution in [0.4, 0.5) is 15.9 Å². The molecule has 0 spiro atoms. The van der Waals surface area contributed by atoms with Crippen molar-refractivity contribution in [3.63, 3.8) is 0 Å². The van der Waals surface area contributed by atoms with Gasteiger partial charge in [0.25, 0.3) is 0 Å². The van der Waals surface area contributed by atoms with E-state index in [2.05, 4.69) is 15.3 Å². The number of hydrogen-bond acceptors (Lipinski definition) is 4. The molecule has 6 heteroatoms. The largest absolute Gasteiger partial charge is 0.337 e. The van der Waals surface area contributed by atoms with Crippen molar-refractivity contribution in [3.05, 3.63) is 46.8 Å². The molecule has 1 N–H and O–H groups in total. The van der Waals surface area contributed by atoms with Gasteiger partial charge >= 0.3 is 0 Å². The predicted molar refractivity (Wildman–Crippen MR) is 72.1 cm³/mol. The first-order valence-electron chi connectivity index (χ1n) is 5.14. The Balaban J connectivity index is 2.06. The van der Waals surface area contributed by atoms with E-state index >= 15 is 0 Å². The molecule has 0 amide bonds. The molecular formula is C12H7ClFN3S. The van der Waals surface area contributed by atoms with Crippen LogP contribution in [0.2, 0.25) is 5.02 Å². The van der Waals surface area contributed by atoms with Crippen LogP contribution in [0.5, 0.6) is 0 Å². The van der Waals surface area contributed by atoms with E-state index in [0.717, 1.165) is 10.2 Å². The first kappa shape index (κ1) is 11.4. The molecule has 0 atom stereocenters. The molecule has 0 radical (unpaired) electrons. The van der Waals surface area contributed by atoms with Crippen molar-refractivity contribution in [1.82, 2.24) is 9.97 Å². The summed E-state index contributed by atoms with van der Waals surface area (Å²) in [5.41, 5.74) is 0.300. The summed E-state index contributed by atoms with van der Waals surface area (Å²) in [6.07, 6.45) is 1.45. The summed E-state index contributed by atoms with van der Waals surface area (Å²) < 4.78 is 13.6. The van der Waals surface area contributed by atoms with Crippen molar-refractivity contribution in [2.45, 2.75) is 0 Å². The Hall–Kier alpha value is -1.72. The maximum absolute atomic E-state index is 13.6. The van der Waals surface area contributed by atoms with Gasteiger partial charge in [-0.05, 0) is 29.6 Å². The highest BCUT2D eigenvalue weighted by molar-refractivity contribution is 7.16. The van der Waals surface area contributed by atoms with Crippen molar-refractivity contribution in [2.75, 3.05) is 5.32 Å². The second-order valence-corrected chi connectivity index (χ2v) is 4.94. The average Bonchev–Trinajstić information content (AvgIpc) is 2.83. The number of rotatable bonds is 2. The second-order valence-electron chi connectivity index (χ2n) is 3.61. The third-order valence-corrected chi connectivity index (χ3v) is 3.50. The zero-order valence-corrected chi connectivity index (χ0v) is 10.6. The average molecular weight is 280 g/mol. The van der Waals surface area contributed by atoms with Gasteiger partial charge in [0.05, 0.1) is 11.1 Å². The zero-order chi connectivity index (χ0) is 12.5. The van der Waals surface area contributed by atoms with Gasteiger partial charge in [0, 0.05) is 5.02 Å². The van der Waals surface area contributed by atoms with Gasteiger partial charge in [0.2, 0.25) is 0 Å². The van der Waals surface area contributed by atoms with Crippen LogP contribution in [0, 0.1) is 5.82 Å². The van der Waals surface area contributed by atoms with Gasteiger partial charge < -0.3 is 5.32 Å². The summed E-state index contributed by atoms with van der Waals surface area (Å²) in [6, 6.07) is 6.24. The lowest BCUT2D eigenvalue weighted by Gasteiger charge is -2.07. The third-order valence-electron chi connectivity index (χ3n) is 2.44. The molecule has 0 aliphatic carbocycles. The molecule has 3 aromatic rings. The molecule has 2 aromatic heterocycles. The number of aromatic nitrogens is 2. The lowest BCUT2D eigenvalue weighted by molar-refractivity contribution is 0.632.